The molecule has 2 rings (SSSR count). The average molecular weight is 224 g/mol. The van der Waals surface area contributed by atoms with Crippen molar-refractivity contribution in [1.82, 2.24) is 10.2 Å². The second kappa shape index (κ2) is 5.50. The molecule has 94 valence electrons. The van der Waals surface area contributed by atoms with Crippen LogP contribution in [0.15, 0.2) is 0 Å². The highest BCUT2D eigenvalue weighted by molar-refractivity contribution is 4.85. The van der Waals surface area contributed by atoms with E-state index in [4.69, 9.17) is 0 Å². The van der Waals surface area contributed by atoms with Crippen molar-refractivity contribution in [3.8, 4) is 0 Å². The lowest BCUT2D eigenvalue weighted by atomic mass is 9.99. The molecule has 1 N–H and O–H groups in total. The summed E-state index contributed by atoms with van der Waals surface area (Å²) in [6.07, 6.45) is 5.90. The van der Waals surface area contributed by atoms with Crippen molar-refractivity contribution >= 4 is 0 Å². The Balaban J connectivity index is 1.71. The van der Waals surface area contributed by atoms with Gasteiger partial charge in [0.2, 0.25) is 0 Å². The van der Waals surface area contributed by atoms with Crippen molar-refractivity contribution in [1.29, 1.82) is 0 Å². The zero-order valence-electron chi connectivity index (χ0n) is 11.2. The van der Waals surface area contributed by atoms with E-state index in [-0.39, 0.29) is 0 Å². The Labute approximate surface area is 101 Å². The number of rotatable bonds is 5. The smallest absolute Gasteiger partial charge is 0.0218 e. The first-order valence-corrected chi connectivity index (χ1v) is 7.14. The summed E-state index contributed by atoms with van der Waals surface area (Å²) in [5, 5.41) is 3.67. The van der Waals surface area contributed by atoms with E-state index < -0.39 is 0 Å². The Hall–Kier alpha value is -0.0800. The van der Waals surface area contributed by atoms with Gasteiger partial charge in [0.05, 0.1) is 0 Å². The van der Waals surface area contributed by atoms with E-state index in [0.717, 1.165) is 17.9 Å². The largest absolute Gasteiger partial charge is 0.311 e. The summed E-state index contributed by atoms with van der Waals surface area (Å²) in [5.41, 5.74) is 0. The summed E-state index contributed by atoms with van der Waals surface area (Å²) in [6.45, 7) is 10.8. The molecule has 0 aromatic carbocycles. The van der Waals surface area contributed by atoms with Crippen LogP contribution in [0.25, 0.3) is 0 Å². The normalized spacial score (nSPS) is 32.2. The lowest BCUT2D eigenvalue weighted by molar-refractivity contribution is 0.120. The summed E-state index contributed by atoms with van der Waals surface area (Å²) in [6, 6.07) is 1.44. The van der Waals surface area contributed by atoms with E-state index in [1.807, 2.05) is 0 Å². The Morgan fingerprint density at radius 1 is 1.31 bits per heavy atom. The van der Waals surface area contributed by atoms with Gasteiger partial charge in [-0.1, -0.05) is 26.7 Å². The van der Waals surface area contributed by atoms with E-state index in [9.17, 15) is 0 Å². The Bertz CT molecular complexity index is 211. The minimum absolute atomic E-state index is 0.706. The third-order valence-corrected chi connectivity index (χ3v) is 4.29. The van der Waals surface area contributed by atoms with E-state index in [0.29, 0.717) is 6.04 Å². The average Bonchev–Trinajstić information content (AvgIpc) is 3.04. The molecule has 2 nitrogen and oxygen atoms in total. The molecule has 2 unspecified atom stereocenters. The van der Waals surface area contributed by atoms with Crippen LogP contribution in [0.4, 0.5) is 0 Å². The van der Waals surface area contributed by atoms with E-state index in [2.05, 4.69) is 31.0 Å². The van der Waals surface area contributed by atoms with Gasteiger partial charge in [-0.05, 0) is 38.1 Å². The molecule has 0 aromatic heterocycles. The topological polar surface area (TPSA) is 15.3 Å². The van der Waals surface area contributed by atoms with Crippen LogP contribution in [-0.4, -0.2) is 36.6 Å². The number of piperazine rings is 1. The molecule has 1 heterocycles. The van der Waals surface area contributed by atoms with Gasteiger partial charge in [0.25, 0.3) is 0 Å². The molecule has 0 spiro atoms. The zero-order valence-corrected chi connectivity index (χ0v) is 11.2. The van der Waals surface area contributed by atoms with Crippen molar-refractivity contribution in [2.24, 2.45) is 11.8 Å². The highest BCUT2D eigenvalue weighted by Crippen LogP contribution is 2.33. The molecule has 0 bridgehead atoms. The van der Waals surface area contributed by atoms with Gasteiger partial charge in [0, 0.05) is 25.2 Å². The Morgan fingerprint density at radius 2 is 2.06 bits per heavy atom. The third-order valence-electron chi connectivity index (χ3n) is 4.29. The number of nitrogens with one attached hydrogen (secondary N) is 1. The molecule has 2 heteroatoms. The van der Waals surface area contributed by atoms with Gasteiger partial charge < -0.3 is 5.32 Å². The molecule has 0 amide bonds. The second-order valence-electron chi connectivity index (χ2n) is 6.19. The van der Waals surface area contributed by atoms with Gasteiger partial charge in [0.1, 0.15) is 0 Å². The maximum Gasteiger partial charge on any atom is 0.0218 e. The van der Waals surface area contributed by atoms with Crippen LogP contribution >= 0.6 is 0 Å². The molecule has 2 fully saturated rings. The Morgan fingerprint density at radius 3 is 2.69 bits per heavy atom. The molecule has 16 heavy (non-hydrogen) atoms. The van der Waals surface area contributed by atoms with Gasteiger partial charge >= 0.3 is 0 Å². The van der Waals surface area contributed by atoms with Crippen LogP contribution in [0.2, 0.25) is 0 Å². The van der Waals surface area contributed by atoms with Crippen LogP contribution in [0.5, 0.6) is 0 Å². The monoisotopic (exact) mass is 224 g/mol. The van der Waals surface area contributed by atoms with Crippen molar-refractivity contribution < 1.29 is 0 Å². The molecular weight excluding hydrogens is 196 g/mol. The number of nitrogens with zero attached hydrogens (tertiary/aromatic N) is 1. The van der Waals surface area contributed by atoms with Crippen molar-refractivity contribution in [3.05, 3.63) is 0 Å². The molecule has 1 aliphatic carbocycles. The molecule has 0 radical (unpaired) electrons. The number of hydrogen-bond donors (Lipinski definition) is 1. The summed E-state index contributed by atoms with van der Waals surface area (Å²) >= 11 is 0. The van der Waals surface area contributed by atoms with Crippen LogP contribution < -0.4 is 5.32 Å². The minimum atomic E-state index is 0.706. The van der Waals surface area contributed by atoms with E-state index in [1.54, 1.807) is 0 Å². The van der Waals surface area contributed by atoms with Crippen LogP contribution in [-0.2, 0) is 0 Å². The maximum atomic E-state index is 3.67. The highest BCUT2D eigenvalue weighted by Gasteiger charge is 2.27. The van der Waals surface area contributed by atoms with E-state index in [1.165, 1.54) is 45.3 Å². The number of hydrogen-bond acceptors (Lipinski definition) is 2. The molecule has 1 saturated carbocycles. The maximum absolute atomic E-state index is 3.67. The standard InChI is InChI=1S/C14H28N2/c1-11(2)14-10-16(12(3)9-15-14)8-4-5-13-6-7-13/h11-15H,4-10H2,1-3H3. The summed E-state index contributed by atoms with van der Waals surface area (Å²) in [7, 11) is 0. The van der Waals surface area contributed by atoms with Gasteiger partial charge in [-0.15, -0.1) is 0 Å². The second-order valence-corrected chi connectivity index (χ2v) is 6.19. The van der Waals surface area contributed by atoms with Crippen molar-refractivity contribution in [3.63, 3.8) is 0 Å². The van der Waals surface area contributed by atoms with Crippen molar-refractivity contribution in [2.75, 3.05) is 19.6 Å². The van der Waals surface area contributed by atoms with Crippen molar-refractivity contribution in [2.45, 2.75) is 58.5 Å². The fourth-order valence-corrected chi connectivity index (χ4v) is 2.70. The summed E-state index contributed by atoms with van der Waals surface area (Å²) < 4.78 is 0. The van der Waals surface area contributed by atoms with Gasteiger partial charge in [-0.25, -0.2) is 0 Å². The van der Waals surface area contributed by atoms with E-state index >= 15 is 0 Å². The highest BCUT2D eigenvalue weighted by atomic mass is 15.2. The first-order valence-electron chi connectivity index (χ1n) is 7.14. The van der Waals surface area contributed by atoms with Crippen LogP contribution in [0, 0.1) is 11.8 Å². The molecule has 0 aromatic rings. The lowest BCUT2D eigenvalue weighted by Gasteiger charge is -2.40. The van der Waals surface area contributed by atoms with Crippen LogP contribution in [0.3, 0.4) is 0 Å². The van der Waals surface area contributed by atoms with Crippen LogP contribution in [0.1, 0.15) is 46.5 Å². The molecule has 1 saturated heterocycles. The fourth-order valence-electron chi connectivity index (χ4n) is 2.70. The summed E-state index contributed by atoms with van der Waals surface area (Å²) in [5.74, 6) is 1.86. The Kier molecular flexibility index (Phi) is 4.26. The minimum Gasteiger partial charge on any atom is -0.311 e. The first-order chi connectivity index (χ1) is 7.66. The van der Waals surface area contributed by atoms with Gasteiger partial charge in [-0.3, -0.25) is 4.90 Å². The lowest BCUT2D eigenvalue weighted by Crippen LogP contribution is -2.57. The third kappa shape index (κ3) is 3.46. The SMILES string of the molecule is CC(C)C1CN(CCCC2CC2)C(C)CN1. The van der Waals surface area contributed by atoms with Gasteiger partial charge in [0.15, 0.2) is 0 Å². The molecule has 1 aliphatic heterocycles. The molecule has 2 aliphatic rings. The fraction of sp³-hybridized carbons (Fsp3) is 1.00. The summed E-state index contributed by atoms with van der Waals surface area (Å²) in [4.78, 5) is 2.70. The first kappa shape index (κ1) is 12.4. The predicted octanol–water partition coefficient (Wildman–Crippen LogP) is 2.49. The quantitative estimate of drug-likeness (QED) is 0.772. The molecule has 2 atom stereocenters. The van der Waals surface area contributed by atoms with Gasteiger partial charge in [-0.2, -0.15) is 0 Å². The zero-order chi connectivity index (χ0) is 11.5. The molecular formula is C14H28N2. The predicted molar refractivity (Wildman–Crippen MR) is 69.6 cm³/mol.